The minimum Gasteiger partial charge on any atom is -0.326 e. The fourth-order valence-electron chi connectivity index (χ4n) is 2.20. The van der Waals surface area contributed by atoms with Crippen LogP contribution in [0.15, 0.2) is 53.4 Å². The molecule has 1 amide bonds. The molecule has 5 nitrogen and oxygen atoms in total. The summed E-state index contributed by atoms with van der Waals surface area (Å²) in [6, 6.07) is 14.6. The van der Waals surface area contributed by atoms with Crippen LogP contribution in [0.5, 0.6) is 0 Å². The van der Waals surface area contributed by atoms with Gasteiger partial charge in [0.15, 0.2) is 0 Å². The van der Waals surface area contributed by atoms with Crippen LogP contribution in [0.25, 0.3) is 0 Å². The number of carbonyl (C=O) groups excluding carboxylic acids is 1. The van der Waals surface area contributed by atoms with Crippen molar-refractivity contribution in [1.29, 1.82) is 0 Å². The van der Waals surface area contributed by atoms with Gasteiger partial charge in [0, 0.05) is 12.1 Å². The third-order valence-corrected chi connectivity index (χ3v) is 5.07. The van der Waals surface area contributed by atoms with Gasteiger partial charge >= 0.3 is 0 Å². The Morgan fingerprint density at radius 1 is 1.09 bits per heavy atom. The molecule has 0 aliphatic rings. The molecule has 23 heavy (non-hydrogen) atoms. The lowest BCUT2D eigenvalue weighted by atomic mass is 10.1. The second-order valence-electron chi connectivity index (χ2n) is 5.22. The quantitative estimate of drug-likeness (QED) is 0.853. The third-order valence-electron chi connectivity index (χ3n) is 3.51. The Bertz CT molecular complexity index is 787. The Hall–Kier alpha value is -2.18. The van der Waals surface area contributed by atoms with E-state index < -0.39 is 10.0 Å². The van der Waals surface area contributed by atoms with E-state index in [4.69, 9.17) is 0 Å². The topological polar surface area (TPSA) is 75.3 Å². The molecule has 0 atom stereocenters. The highest BCUT2D eigenvalue weighted by Crippen LogP contribution is 2.20. The largest absolute Gasteiger partial charge is 0.326 e. The number of amides is 1. The fraction of sp³-hybridized carbons (Fsp3) is 0.235. The van der Waals surface area contributed by atoms with E-state index in [1.165, 1.54) is 13.1 Å². The van der Waals surface area contributed by atoms with Gasteiger partial charge in [-0.25, -0.2) is 13.1 Å². The number of aryl methyl sites for hydroxylation is 2. The van der Waals surface area contributed by atoms with E-state index in [1.54, 1.807) is 19.1 Å². The Morgan fingerprint density at radius 3 is 2.43 bits per heavy atom. The van der Waals surface area contributed by atoms with Crippen LogP contribution in [0.2, 0.25) is 0 Å². The van der Waals surface area contributed by atoms with Crippen molar-refractivity contribution in [2.24, 2.45) is 0 Å². The van der Waals surface area contributed by atoms with Crippen LogP contribution in [0.4, 0.5) is 5.69 Å². The molecule has 0 radical (unpaired) electrons. The van der Waals surface area contributed by atoms with Gasteiger partial charge in [-0.15, -0.1) is 0 Å². The molecule has 0 saturated heterocycles. The molecular weight excluding hydrogens is 312 g/mol. The molecule has 0 aliphatic heterocycles. The smallest absolute Gasteiger partial charge is 0.240 e. The van der Waals surface area contributed by atoms with Crippen molar-refractivity contribution in [2.45, 2.75) is 24.7 Å². The van der Waals surface area contributed by atoms with Crippen LogP contribution in [0.1, 0.15) is 17.5 Å². The third kappa shape index (κ3) is 4.64. The predicted octanol–water partition coefficient (Wildman–Crippen LogP) is 2.47. The van der Waals surface area contributed by atoms with E-state index in [2.05, 4.69) is 10.0 Å². The van der Waals surface area contributed by atoms with Crippen molar-refractivity contribution in [3.63, 3.8) is 0 Å². The lowest BCUT2D eigenvalue weighted by Crippen LogP contribution is -2.20. The number of sulfonamides is 1. The number of nitrogens with one attached hydrogen (secondary N) is 2. The van der Waals surface area contributed by atoms with E-state index in [-0.39, 0.29) is 10.8 Å². The van der Waals surface area contributed by atoms with E-state index >= 15 is 0 Å². The SMILES string of the molecule is CNS(=O)(=O)c1cc(NC(=O)CCc2ccccc2)ccc1C. The highest BCUT2D eigenvalue weighted by molar-refractivity contribution is 7.89. The first-order chi connectivity index (χ1) is 10.9. The van der Waals surface area contributed by atoms with E-state index in [0.29, 0.717) is 24.1 Å². The van der Waals surface area contributed by atoms with Crippen LogP contribution in [-0.2, 0) is 21.2 Å². The summed E-state index contributed by atoms with van der Waals surface area (Å²) >= 11 is 0. The molecule has 0 aromatic heterocycles. The maximum absolute atomic E-state index is 12.0. The van der Waals surface area contributed by atoms with Crippen molar-refractivity contribution in [2.75, 3.05) is 12.4 Å². The van der Waals surface area contributed by atoms with Crippen LogP contribution < -0.4 is 10.0 Å². The van der Waals surface area contributed by atoms with Crippen LogP contribution >= 0.6 is 0 Å². The summed E-state index contributed by atoms with van der Waals surface area (Å²) in [5.74, 6) is -0.148. The van der Waals surface area contributed by atoms with Gasteiger partial charge in [-0.2, -0.15) is 0 Å². The summed E-state index contributed by atoms with van der Waals surface area (Å²) in [6.07, 6.45) is 0.978. The molecule has 0 unspecified atom stereocenters. The van der Waals surface area contributed by atoms with Gasteiger partial charge in [0.2, 0.25) is 15.9 Å². The maximum atomic E-state index is 12.0. The Balaban J connectivity index is 2.05. The van der Waals surface area contributed by atoms with Crippen molar-refractivity contribution >= 4 is 21.6 Å². The lowest BCUT2D eigenvalue weighted by Gasteiger charge is -2.10. The van der Waals surface area contributed by atoms with Gasteiger partial charge in [0.25, 0.3) is 0 Å². The molecule has 0 aliphatic carbocycles. The molecule has 2 N–H and O–H groups in total. The van der Waals surface area contributed by atoms with E-state index in [1.807, 2.05) is 30.3 Å². The first-order valence-corrected chi connectivity index (χ1v) is 8.78. The number of benzene rings is 2. The number of rotatable bonds is 6. The van der Waals surface area contributed by atoms with Crippen molar-refractivity contribution in [1.82, 2.24) is 4.72 Å². The summed E-state index contributed by atoms with van der Waals surface area (Å²) in [4.78, 5) is 12.2. The molecule has 0 heterocycles. The summed E-state index contributed by atoms with van der Waals surface area (Å²) < 4.78 is 26.2. The highest BCUT2D eigenvalue weighted by Gasteiger charge is 2.15. The van der Waals surface area contributed by atoms with Gasteiger partial charge in [-0.05, 0) is 43.7 Å². The second kappa shape index (κ2) is 7.39. The van der Waals surface area contributed by atoms with E-state index in [0.717, 1.165) is 5.56 Å². The van der Waals surface area contributed by atoms with Crippen molar-refractivity contribution in [3.8, 4) is 0 Å². The van der Waals surface area contributed by atoms with Gasteiger partial charge in [-0.1, -0.05) is 36.4 Å². The molecule has 2 aromatic carbocycles. The van der Waals surface area contributed by atoms with Crippen molar-refractivity contribution in [3.05, 3.63) is 59.7 Å². The lowest BCUT2D eigenvalue weighted by molar-refractivity contribution is -0.116. The maximum Gasteiger partial charge on any atom is 0.240 e. The fourth-order valence-corrected chi connectivity index (χ4v) is 3.20. The van der Waals surface area contributed by atoms with Crippen LogP contribution in [0.3, 0.4) is 0 Å². The van der Waals surface area contributed by atoms with Gasteiger partial charge in [0.1, 0.15) is 0 Å². The minimum absolute atomic E-state index is 0.148. The van der Waals surface area contributed by atoms with Crippen LogP contribution in [-0.4, -0.2) is 21.4 Å². The number of carbonyl (C=O) groups is 1. The van der Waals surface area contributed by atoms with Gasteiger partial charge in [0.05, 0.1) is 4.90 Å². The van der Waals surface area contributed by atoms with E-state index in [9.17, 15) is 13.2 Å². The molecule has 122 valence electrons. The molecule has 0 saturated carbocycles. The standard InChI is InChI=1S/C17H20N2O3S/c1-13-8-10-15(12-16(13)23(21,22)18-2)19-17(20)11-9-14-6-4-3-5-7-14/h3-8,10,12,18H,9,11H2,1-2H3,(H,19,20). The monoisotopic (exact) mass is 332 g/mol. The zero-order chi connectivity index (χ0) is 16.9. The molecule has 6 heteroatoms. The normalized spacial score (nSPS) is 11.2. The van der Waals surface area contributed by atoms with Gasteiger partial charge < -0.3 is 5.32 Å². The Kier molecular flexibility index (Phi) is 5.52. The average molecular weight is 332 g/mol. The first kappa shape index (κ1) is 17.2. The number of hydrogen-bond donors (Lipinski definition) is 2. The number of anilines is 1. The second-order valence-corrected chi connectivity index (χ2v) is 7.08. The summed E-state index contributed by atoms with van der Waals surface area (Å²) in [6.45, 7) is 1.71. The summed E-state index contributed by atoms with van der Waals surface area (Å²) in [5.41, 5.74) is 2.19. The predicted molar refractivity (Wildman–Crippen MR) is 90.8 cm³/mol. The molecule has 0 fully saturated rings. The Morgan fingerprint density at radius 2 is 1.78 bits per heavy atom. The zero-order valence-corrected chi connectivity index (χ0v) is 14.0. The number of hydrogen-bond acceptors (Lipinski definition) is 3. The zero-order valence-electron chi connectivity index (χ0n) is 13.2. The summed E-state index contributed by atoms with van der Waals surface area (Å²) in [5, 5.41) is 2.74. The average Bonchev–Trinajstić information content (AvgIpc) is 2.55. The Labute approximate surface area is 136 Å². The van der Waals surface area contributed by atoms with Crippen molar-refractivity contribution < 1.29 is 13.2 Å². The molecule has 2 aromatic rings. The highest BCUT2D eigenvalue weighted by atomic mass is 32.2. The van der Waals surface area contributed by atoms with Crippen LogP contribution in [0, 0.1) is 6.92 Å². The molecule has 0 spiro atoms. The molecule has 0 bridgehead atoms. The molecule has 2 rings (SSSR count). The van der Waals surface area contributed by atoms with Gasteiger partial charge in [-0.3, -0.25) is 4.79 Å². The molecular formula is C17H20N2O3S. The minimum atomic E-state index is -3.54. The summed E-state index contributed by atoms with van der Waals surface area (Å²) in [7, 11) is -2.18. The first-order valence-electron chi connectivity index (χ1n) is 7.30.